The first-order valence-electron chi connectivity index (χ1n) is 47.2. The average Bonchev–Trinajstić information content (AvgIpc) is 0.973. The molecule has 15 aliphatic rings. The van der Waals surface area contributed by atoms with Gasteiger partial charge in [-0.1, -0.05) is 187 Å². The highest BCUT2D eigenvalue weighted by Gasteiger charge is 2.75. The number of carboxylic acid groups (broad SMARTS) is 2. The zero-order valence-corrected chi connectivity index (χ0v) is 80.6. The summed E-state index contributed by atoms with van der Waals surface area (Å²) in [6, 6.07) is 0. The number of nitrogens with zero attached hydrogens (tertiary/aromatic N) is 7. The molecule has 15 aliphatic carbocycles. The van der Waals surface area contributed by atoms with E-state index in [1.54, 1.807) is 6.92 Å². The predicted octanol–water partition coefficient (Wildman–Crippen LogP) is 21.6. The van der Waals surface area contributed by atoms with Gasteiger partial charge in [-0.25, -0.2) is 19.3 Å². The van der Waals surface area contributed by atoms with Gasteiger partial charge in [-0.3, -0.25) is 24.0 Å². The molecular formula is C105H141N7O15. The van der Waals surface area contributed by atoms with E-state index in [0.717, 1.165) is 145 Å². The molecule has 686 valence electrons. The molecule has 26 atom stereocenters. The number of hydrogen-bond donors (Lipinski definition) is 3. The Bertz CT molecular complexity index is 5150. The van der Waals surface area contributed by atoms with Crippen LogP contribution >= 0.6 is 0 Å². The zero-order valence-electron chi connectivity index (χ0n) is 80.6. The minimum atomic E-state index is -1.13. The molecule has 127 heavy (non-hydrogen) atoms. The van der Waals surface area contributed by atoms with Crippen molar-refractivity contribution >= 4 is 52.6 Å². The third-order valence-corrected chi connectivity index (χ3v) is 40.1. The van der Waals surface area contributed by atoms with Crippen molar-refractivity contribution in [3.05, 3.63) is 128 Å². The third kappa shape index (κ3) is 13.5. The highest BCUT2D eigenvalue weighted by atomic mass is 16.6. The summed E-state index contributed by atoms with van der Waals surface area (Å²) in [4.78, 5) is 126. The maximum absolute atomic E-state index is 14.6. The van der Waals surface area contributed by atoms with Crippen LogP contribution in [-0.2, 0) is 58.7 Å². The number of carbonyl (C=O) groups excluding carboxylic acids is 7. The molecule has 0 bridgehead atoms. The van der Waals surface area contributed by atoms with Gasteiger partial charge >= 0.3 is 17.9 Å². The van der Waals surface area contributed by atoms with Gasteiger partial charge < -0.3 is 43.3 Å². The Balaban J connectivity index is 0.000000147. The Morgan fingerprint density at radius 2 is 0.724 bits per heavy atom. The van der Waals surface area contributed by atoms with Crippen molar-refractivity contribution < 1.29 is 72.0 Å². The molecule has 2 aromatic heterocycles. The van der Waals surface area contributed by atoms with Crippen molar-refractivity contribution in [3.63, 3.8) is 0 Å². The molecule has 2 heterocycles. The van der Waals surface area contributed by atoms with Crippen LogP contribution in [0.15, 0.2) is 79.1 Å². The second-order valence-corrected chi connectivity index (χ2v) is 48.5. The standard InChI is InChI=1S/C35H47N3O3.C34H45N3O4.C31H41NO4.C5H8O4/c1-20(2)28-37-38-29(41-28)32(6)14-13-31(5)15-16-35(9)26(21(31)18-32)23(39)17-25-33(7)19-22(36-10)27(40)30(3,4)24(33)11-12-34(25,35)8;1-19(38)27-36-37-28(41-27)31(5)13-12-30(4)14-15-34(8)25(20(30)17-31)22(39)16-24-32(6)18-21(35-9)26(40)29(2,3)23(32)10-11-33(24,34)7;1-26(2)21-9-10-30(6)22(29(21,5)17-19(32-8)24(26)34)15-20(33)23-18-16-28(4,25(35)36)12-11-27(18,3)13-14-31(23,30)7;1-3(5(7)8)9-4(2)6/h17,19-21,24,26H,11-16,18H2,1-9H3;16,18-20,23,25,38H,10-15,17H2,1-8H3;15,17-18,21,23H,9-14,16H2,1-7H3,(H,35,36);3H,1-2H3,(H,7,8)/t21-,24-,26-,31+,32-,33-,34+,35+;19-,20-,23-,25-,30+,31-,32-,33+,34+;18-,21-,23-,27+,28-,29-,30+,31+;3-/m0000/s1. The van der Waals surface area contributed by atoms with Gasteiger partial charge in [0.1, 0.15) is 6.10 Å². The smallest absolute Gasteiger partial charge is 0.344 e. The first-order valence-corrected chi connectivity index (χ1v) is 47.2. The summed E-state index contributed by atoms with van der Waals surface area (Å²) in [7, 11) is 0. The van der Waals surface area contributed by atoms with E-state index in [1.807, 2.05) is 84.9 Å². The summed E-state index contributed by atoms with van der Waals surface area (Å²) in [6.07, 6.45) is 29.0. The van der Waals surface area contributed by atoms with Crippen LogP contribution in [0, 0.1) is 160 Å². The topological polar surface area (TPSA) is 314 Å². The fourth-order valence-corrected chi connectivity index (χ4v) is 31.3. The molecule has 22 heteroatoms. The molecule has 22 nitrogen and oxygen atoms in total. The average molecular weight is 1740 g/mol. The van der Waals surface area contributed by atoms with Crippen LogP contribution in [0.25, 0.3) is 14.5 Å². The monoisotopic (exact) mass is 1740 g/mol. The lowest BCUT2D eigenvalue weighted by Gasteiger charge is -2.69. The van der Waals surface area contributed by atoms with E-state index in [4.69, 9.17) is 33.7 Å². The van der Waals surface area contributed by atoms with Gasteiger partial charge in [-0.2, -0.15) is 0 Å². The number of allylic oxidation sites excluding steroid dienone is 12. The molecule has 9 saturated carbocycles. The van der Waals surface area contributed by atoms with Crippen molar-refractivity contribution in [1.29, 1.82) is 0 Å². The van der Waals surface area contributed by atoms with Crippen LogP contribution in [0.2, 0.25) is 0 Å². The molecule has 9 fully saturated rings. The van der Waals surface area contributed by atoms with Gasteiger partial charge in [0, 0.05) is 73.9 Å². The van der Waals surface area contributed by atoms with E-state index in [9.17, 15) is 53.4 Å². The number of aliphatic hydroxyl groups is 1. The molecule has 0 aliphatic heterocycles. The van der Waals surface area contributed by atoms with E-state index in [1.165, 1.54) is 13.8 Å². The second-order valence-electron chi connectivity index (χ2n) is 48.5. The molecule has 0 aromatic carbocycles. The number of carbonyl (C=O) groups is 9. The molecule has 0 unspecified atom stereocenters. The lowest BCUT2D eigenvalue weighted by atomic mass is 9.34. The lowest BCUT2D eigenvalue weighted by Crippen LogP contribution is -2.64. The van der Waals surface area contributed by atoms with Crippen LogP contribution in [-0.4, -0.2) is 94.4 Å². The fourth-order valence-electron chi connectivity index (χ4n) is 31.3. The van der Waals surface area contributed by atoms with E-state index in [-0.39, 0.29) is 176 Å². The number of Topliss-reactive ketones (excluding diaryl/α,β-unsaturated/α-hetero) is 3. The summed E-state index contributed by atoms with van der Waals surface area (Å²) >= 11 is 0. The van der Waals surface area contributed by atoms with Crippen molar-refractivity contribution in [2.45, 2.75) is 344 Å². The largest absolute Gasteiger partial charge is 0.481 e. The minimum Gasteiger partial charge on any atom is -0.481 e. The van der Waals surface area contributed by atoms with Crippen LogP contribution in [0.5, 0.6) is 0 Å². The molecule has 17 rings (SSSR count). The van der Waals surface area contributed by atoms with Gasteiger partial charge in [-0.05, 0) is 258 Å². The highest BCUT2D eigenvalue weighted by molar-refractivity contribution is 6.05. The number of carboxylic acids is 2. The van der Waals surface area contributed by atoms with E-state index < -0.39 is 68.0 Å². The number of ketones is 6. The van der Waals surface area contributed by atoms with Crippen molar-refractivity contribution in [2.24, 2.45) is 140 Å². The van der Waals surface area contributed by atoms with E-state index in [0.29, 0.717) is 24.6 Å². The molecule has 3 N–H and O–H groups in total. The summed E-state index contributed by atoms with van der Waals surface area (Å²) < 4.78 is 16.5. The molecule has 0 amide bonds. The van der Waals surface area contributed by atoms with Crippen molar-refractivity contribution in [1.82, 2.24) is 20.4 Å². The minimum absolute atomic E-state index is 0.0198. The number of aliphatic carboxylic acids is 2. The quantitative estimate of drug-likeness (QED) is 0.171. The Labute approximate surface area is 752 Å². The summed E-state index contributed by atoms with van der Waals surface area (Å²) in [6.45, 7) is 77.4. The number of aliphatic hydroxyl groups excluding tert-OH is 1. The summed E-state index contributed by atoms with van der Waals surface area (Å²) in [5, 5.41) is 45.6. The van der Waals surface area contributed by atoms with E-state index in [2.05, 4.69) is 150 Å². The third-order valence-electron chi connectivity index (χ3n) is 40.1. The normalized spacial score (nSPS) is 44.1. The predicted molar refractivity (Wildman–Crippen MR) is 478 cm³/mol. The summed E-state index contributed by atoms with van der Waals surface area (Å²) in [5.41, 5.74) is -2.16. The Morgan fingerprint density at radius 3 is 0.992 bits per heavy atom. The van der Waals surface area contributed by atoms with Crippen molar-refractivity contribution in [2.75, 3.05) is 0 Å². The fraction of sp³-hybridized carbons (Fsp3) is 0.733. The van der Waals surface area contributed by atoms with Crippen LogP contribution in [0.1, 0.15) is 350 Å². The SMILES string of the molecule is CC(=O)O[C@@H](C)C(=O)O.[C-]#[N+]C1=C[C@]2(C)C3=CC(=O)[C@@H]4[C@@H]5C[C@@](C)(C(=O)O)CC[C@]5(C)CC[C@@]4(C)[C@]3(C)CC[C@H]2C(C)(C)C1=O.[C-]#[N+]C1=C[C@]2(C)C3=CC(=O)[C@@H]4[C@@H]5C[C@@](C)(c6nnc(C(C)C)o6)CC[C@]5(C)CC[C@@]4(C)[C@]3(C)CC[C@H]2C(C)(C)C1=O.[C-]#[N+]C1=C[C@]2(C)C3=CC(=O)[C@@H]4[C@@H]5C[C@@](C)(c6nnc([C@H](C)O)o6)CC[C@]5(C)CC[C@@]4(C)[C@]3(C)CC[C@H]2C(C)(C)C1=O. The number of aromatic nitrogens is 4. The maximum atomic E-state index is 14.6. The van der Waals surface area contributed by atoms with Crippen LogP contribution in [0.3, 0.4) is 0 Å². The first kappa shape index (κ1) is 94.7. The Kier molecular flexibility index (Phi) is 22.6. The second kappa shape index (κ2) is 30.3. The molecule has 0 saturated heterocycles. The number of fused-ring (bicyclic) bond motifs is 21. The van der Waals surface area contributed by atoms with Crippen molar-refractivity contribution in [3.8, 4) is 0 Å². The molecule has 0 radical (unpaired) electrons. The van der Waals surface area contributed by atoms with Gasteiger partial charge in [0.2, 0.25) is 40.7 Å². The number of rotatable bonds is 7. The first-order chi connectivity index (χ1) is 58.5. The number of ether oxygens (including phenoxy) is 1. The van der Waals surface area contributed by atoms with Gasteiger partial charge in [0.15, 0.2) is 40.8 Å². The molecular weight excluding hydrogens is 1600 g/mol. The molecule has 2 aromatic rings. The van der Waals surface area contributed by atoms with Gasteiger partial charge in [-0.15, -0.1) is 20.4 Å². The Hall–Kier alpha value is -8.42. The maximum Gasteiger partial charge on any atom is 0.344 e. The number of hydrogen-bond acceptors (Lipinski definition) is 17. The highest BCUT2D eigenvalue weighted by Crippen LogP contribution is 2.80. The van der Waals surface area contributed by atoms with Gasteiger partial charge in [0.05, 0.1) is 25.1 Å². The van der Waals surface area contributed by atoms with E-state index >= 15 is 0 Å². The van der Waals surface area contributed by atoms with Crippen LogP contribution in [0.4, 0.5) is 0 Å². The zero-order chi connectivity index (χ0) is 94.1. The Morgan fingerprint density at radius 1 is 0.425 bits per heavy atom. The summed E-state index contributed by atoms with van der Waals surface area (Å²) in [5.74, 6) is 0.457. The molecule has 0 spiro atoms. The van der Waals surface area contributed by atoms with Gasteiger partial charge in [0.25, 0.3) is 0 Å². The van der Waals surface area contributed by atoms with Crippen LogP contribution < -0.4 is 0 Å². The number of esters is 1. The lowest BCUT2D eigenvalue weighted by molar-refractivity contribution is -0.178.